The Morgan fingerprint density at radius 2 is 2.21 bits per heavy atom. The second-order valence-corrected chi connectivity index (χ2v) is 6.66. The van der Waals surface area contributed by atoms with Gasteiger partial charge in [-0.1, -0.05) is 12.1 Å². The summed E-state index contributed by atoms with van der Waals surface area (Å²) in [4.78, 5) is 4.79. The molecule has 2 N–H and O–H groups in total. The summed E-state index contributed by atoms with van der Waals surface area (Å²) in [6.45, 7) is 1.62. The molecule has 1 unspecified atom stereocenters. The summed E-state index contributed by atoms with van der Waals surface area (Å²) in [5.41, 5.74) is 0.574. The maximum Gasteiger partial charge on any atom is 0.258 e. The van der Waals surface area contributed by atoms with E-state index in [9.17, 15) is 8.42 Å². The number of aromatic nitrogens is 1. The van der Waals surface area contributed by atoms with E-state index in [1.807, 2.05) is 17.5 Å². The third-order valence-corrected chi connectivity index (χ3v) is 5.07. The molecule has 0 radical (unpaired) electrons. The molecule has 0 fully saturated rings. The molecule has 0 bridgehead atoms. The van der Waals surface area contributed by atoms with Crippen molar-refractivity contribution in [3.8, 4) is 0 Å². The Labute approximate surface area is 116 Å². The molecule has 2 heterocycles. The van der Waals surface area contributed by atoms with Crippen LogP contribution in [0, 0.1) is 0 Å². The van der Waals surface area contributed by atoms with Crippen molar-refractivity contribution in [3.05, 3.63) is 46.3 Å². The van der Waals surface area contributed by atoms with Crippen LogP contribution in [0.5, 0.6) is 0 Å². The highest BCUT2D eigenvalue weighted by Crippen LogP contribution is 2.20. The van der Waals surface area contributed by atoms with Crippen LogP contribution in [0.1, 0.15) is 23.4 Å². The van der Waals surface area contributed by atoms with E-state index in [4.69, 9.17) is 5.11 Å². The minimum absolute atomic E-state index is 0.0480. The summed E-state index contributed by atoms with van der Waals surface area (Å²) < 4.78 is 26.8. The lowest BCUT2D eigenvalue weighted by molar-refractivity contribution is 0.281. The van der Waals surface area contributed by atoms with Crippen LogP contribution in [0.25, 0.3) is 0 Å². The van der Waals surface area contributed by atoms with E-state index in [0.29, 0.717) is 5.56 Å². The van der Waals surface area contributed by atoms with Gasteiger partial charge in [-0.05, 0) is 30.0 Å². The average molecular weight is 298 g/mol. The van der Waals surface area contributed by atoms with Crippen LogP contribution in [0.2, 0.25) is 0 Å². The number of aliphatic hydroxyl groups excluding tert-OH is 1. The van der Waals surface area contributed by atoms with Crippen LogP contribution in [0.3, 0.4) is 0 Å². The number of pyridine rings is 1. The topological polar surface area (TPSA) is 79.3 Å². The van der Waals surface area contributed by atoms with Crippen LogP contribution in [0.15, 0.2) is 40.9 Å². The van der Waals surface area contributed by atoms with Crippen molar-refractivity contribution < 1.29 is 13.5 Å². The number of hydrogen-bond acceptors (Lipinski definition) is 5. The SMILES string of the molecule is CC(NS(=O)(=O)c1ccc(CO)cn1)c1cccs1. The first-order valence-corrected chi connectivity index (χ1v) is 8.01. The van der Waals surface area contributed by atoms with Crippen molar-refractivity contribution in [2.75, 3.05) is 0 Å². The first-order valence-electron chi connectivity index (χ1n) is 5.64. The summed E-state index contributed by atoms with van der Waals surface area (Å²) >= 11 is 1.49. The van der Waals surface area contributed by atoms with E-state index in [-0.39, 0.29) is 17.7 Å². The number of aliphatic hydroxyl groups is 1. The fourth-order valence-electron chi connectivity index (χ4n) is 1.55. The molecule has 0 spiro atoms. The van der Waals surface area contributed by atoms with Gasteiger partial charge in [-0.15, -0.1) is 11.3 Å². The van der Waals surface area contributed by atoms with Crippen LogP contribution < -0.4 is 4.72 Å². The van der Waals surface area contributed by atoms with Crippen molar-refractivity contribution in [2.45, 2.75) is 24.6 Å². The zero-order valence-electron chi connectivity index (χ0n) is 10.3. The van der Waals surface area contributed by atoms with Gasteiger partial charge in [0.2, 0.25) is 0 Å². The highest BCUT2D eigenvalue weighted by atomic mass is 32.2. The van der Waals surface area contributed by atoms with Crippen LogP contribution in [-0.2, 0) is 16.6 Å². The van der Waals surface area contributed by atoms with E-state index in [1.165, 1.54) is 29.7 Å². The molecule has 19 heavy (non-hydrogen) atoms. The standard InChI is InChI=1S/C12H14N2O3S2/c1-9(11-3-2-6-18-11)14-19(16,17)12-5-4-10(8-15)7-13-12/h2-7,9,14-15H,8H2,1H3. The monoisotopic (exact) mass is 298 g/mol. The fraction of sp³-hybridized carbons (Fsp3) is 0.250. The highest BCUT2D eigenvalue weighted by molar-refractivity contribution is 7.89. The Morgan fingerprint density at radius 3 is 2.74 bits per heavy atom. The molecule has 0 aliphatic heterocycles. The zero-order chi connectivity index (χ0) is 13.9. The Kier molecular flexibility index (Phi) is 4.31. The van der Waals surface area contributed by atoms with E-state index in [1.54, 1.807) is 6.92 Å². The maximum atomic E-state index is 12.1. The lowest BCUT2D eigenvalue weighted by Gasteiger charge is -2.12. The molecule has 1 atom stereocenters. The molecule has 2 rings (SSSR count). The number of thiophene rings is 1. The van der Waals surface area contributed by atoms with Crippen LogP contribution >= 0.6 is 11.3 Å². The second kappa shape index (κ2) is 5.79. The van der Waals surface area contributed by atoms with Crippen molar-refractivity contribution in [1.29, 1.82) is 0 Å². The number of hydrogen-bond donors (Lipinski definition) is 2. The molecule has 0 aliphatic carbocycles. The van der Waals surface area contributed by atoms with Gasteiger partial charge in [0, 0.05) is 11.1 Å². The number of nitrogens with one attached hydrogen (secondary N) is 1. The molecular formula is C12H14N2O3S2. The average Bonchev–Trinajstić information content (AvgIpc) is 2.92. The van der Waals surface area contributed by atoms with Gasteiger partial charge in [-0.25, -0.2) is 18.1 Å². The smallest absolute Gasteiger partial charge is 0.258 e. The molecule has 2 aromatic rings. The molecule has 0 aromatic carbocycles. The predicted molar refractivity (Wildman–Crippen MR) is 73.2 cm³/mol. The van der Waals surface area contributed by atoms with Gasteiger partial charge in [-0.2, -0.15) is 0 Å². The molecule has 102 valence electrons. The Bertz CT molecular complexity index is 622. The Morgan fingerprint density at radius 1 is 1.42 bits per heavy atom. The first-order chi connectivity index (χ1) is 9.03. The molecule has 2 aromatic heterocycles. The summed E-state index contributed by atoms with van der Waals surface area (Å²) in [5.74, 6) is 0. The molecule has 0 amide bonds. The highest BCUT2D eigenvalue weighted by Gasteiger charge is 2.19. The zero-order valence-corrected chi connectivity index (χ0v) is 11.9. The number of sulfonamides is 1. The summed E-state index contributed by atoms with van der Waals surface area (Å²) in [6, 6.07) is 6.37. The van der Waals surface area contributed by atoms with Gasteiger partial charge >= 0.3 is 0 Å². The molecule has 0 saturated heterocycles. The lowest BCUT2D eigenvalue weighted by Crippen LogP contribution is -2.27. The molecule has 0 saturated carbocycles. The van der Waals surface area contributed by atoms with Gasteiger partial charge in [0.1, 0.15) is 0 Å². The van der Waals surface area contributed by atoms with Gasteiger partial charge in [0.25, 0.3) is 10.0 Å². The van der Waals surface area contributed by atoms with Crippen molar-refractivity contribution >= 4 is 21.4 Å². The molecule has 5 nitrogen and oxygen atoms in total. The van der Waals surface area contributed by atoms with E-state index in [2.05, 4.69) is 9.71 Å². The van der Waals surface area contributed by atoms with Gasteiger partial charge < -0.3 is 5.11 Å². The molecule has 7 heteroatoms. The fourth-order valence-corrected chi connectivity index (χ4v) is 3.51. The quantitative estimate of drug-likeness (QED) is 0.880. The maximum absolute atomic E-state index is 12.1. The minimum Gasteiger partial charge on any atom is -0.392 e. The van der Waals surface area contributed by atoms with Crippen molar-refractivity contribution in [3.63, 3.8) is 0 Å². The predicted octanol–water partition coefficient (Wildman–Crippen LogP) is 1.67. The Hall–Kier alpha value is -1.28. The summed E-state index contributed by atoms with van der Waals surface area (Å²) in [7, 11) is -3.65. The summed E-state index contributed by atoms with van der Waals surface area (Å²) in [6.07, 6.45) is 1.35. The van der Waals surface area contributed by atoms with Crippen LogP contribution in [0.4, 0.5) is 0 Å². The molecular weight excluding hydrogens is 284 g/mol. The van der Waals surface area contributed by atoms with Crippen LogP contribution in [-0.4, -0.2) is 18.5 Å². The molecule has 0 aliphatic rings. The minimum atomic E-state index is -3.65. The van der Waals surface area contributed by atoms with Gasteiger partial charge in [-0.3, -0.25) is 0 Å². The normalized spacial score (nSPS) is 13.4. The van der Waals surface area contributed by atoms with Gasteiger partial charge in [0.05, 0.1) is 12.6 Å². The van der Waals surface area contributed by atoms with Crippen molar-refractivity contribution in [2.24, 2.45) is 0 Å². The number of nitrogens with zero attached hydrogens (tertiary/aromatic N) is 1. The van der Waals surface area contributed by atoms with Gasteiger partial charge in [0.15, 0.2) is 5.03 Å². The Balaban J connectivity index is 2.17. The third kappa shape index (κ3) is 3.38. The number of rotatable bonds is 5. The summed E-state index contributed by atoms with van der Waals surface area (Å²) in [5, 5.41) is 10.7. The lowest BCUT2D eigenvalue weighted by atomic mass is 10.3. The third-order valence-electron chi connectivity index (χ3n) is 2.56. The van der Waals surface area contributed by atoms with E-state index < -0.39 is 10.0 Å². The van der Waals surface area contributed by atoms with Crippen molar-refractivity contribution in [1.82, 2.24) is 9.71 Å². The first kappa shape index (κ1) is 14.1. The van der Waals surface area contributed by atoms with E-state index in [0.717, 1.165) is 4.88 Å². The largest absolute Gasteiger partial charge is 0.392 e. The second-order valence-electron chi connectivity index (χ2n) is 4.02. The van der Waals surface area contributed by atoms with E-state index >= 15 is 0 Å².